The van der Waals surface area contributed by atoms with E-state index in [9.17, 15) is 9.59 Å². The first-order chi connectivity index (χ1) is 10.8. The van der Waals surface area contributed by atoms with E-state index in [4.69, 9.17) is 15.7 Å². The molecule has 5 N–H and O–H groups in total. The monoisotopic (exact) mass is 323 g/mol. The zero-order valence-electron chi connectivity index (χ0n) is 13.8. The fourth-order valence-electron chi connectivity index (χ4n) is 1.91. The van der Waals surface area contributed by atoms with Crippen molar-refractivity contribution < 1.29 is 19.5 Å². The van der Waals surface area contributed by atoms with Gasteiger partial charge in [-0.1, -0.05) is 13.3 Å². The summed E-state index contributed by atoms with van der Waals surface area (Å²) >= 11 is 0. The average Bonchev–Trinajstić information content (AvgIpc) is 2.51. The van der Waals surface area contributed by atoms with Crippen LogP contribution in [0.3, 0.4) is 0 Å². The van der Waals surface area contributed by atoms with Crippen LogP contribution in [0, 0.1) is 0 Å². The summed E-state index contributed by atoms with van der Waals surface area (Å²) in [5.41, 5.74) is 6.71. The Balaban J connectivity index is 2.74. The predicted octanol–water partition coefficient (Wildman–Crippen LogP) is 1.21. The molecule has 0 aliphatic rings. The van der Waals surface area contributed by atoms with Gasteiger partial charge in [-0.25, -0.2) is 5.48 Å². The molecule has 2 amide bonds. The highest BCUT2D eigenvalue weighted by molar-refractivity contribution is 5.97. The summed E-state index contributed by atoms with van der Waals surface area (Å²) in [6.45, 7) is 5.87. The van der Waals surface area contributed by atoms with Crippen molar-refractivity contribution in [2.24, 2.45) is 5.73 Å². The van der Waals surface area contributed by atoms with Gasteiger partial charge in [-0.2, -0.15) is 0 Å². The van der Waals surface area contributed by atoms with Gasteiger partial charge in [0.15, 0.2) is 0 Å². The SMILES string of the molecule is CCCCOc1ccc(C(=O)NC(C(=O)NO)C(C)(C)N)cc1. The maximum atomic E-state index is 12.2. The number of carbonyl (C=O) groups excluding carboxylic acids is 2. The van der Waals surface area contributed by atoms with E-state index in [1.807, 2.05) is 0 Å². The number of rotatable bonds is 8. The third-order valence-electron chi connectivity index (χ3n) is 3.27. The van der Waals surface area contributed by atoms with Crippen LogP contribution in [0.5, 0.6) is 5.75 Å². The lowest BCUT2D eigenvalue weighted by atomic mass is 9.95. The van der Waals surface area contributed by atoms with Crippen molar-refractivity contribution in [2.75, 3.05) is 6.61 Å². The molecular weight excluding hydrogens is 298 g/mol. The molecule has 1 atom stereocenters. The number of hydrogen-bond donors (Lipinski definition) is 4. The lowest BCUT2D eigenvalue weighted by molar-refractivity contribution is -0.132. The van der Waals surface area contributed by atoms with Crippen molar-refractivity contribution in [3.05, 3.63) is 29.8 Å². The van der Waals surface area contributed by atoms with Crippen molar-refractivity contribution in [3.8, 4) is 5.75 Å². The predicted molar refractivity (Wildman–Crippen MR) is 86.3 cm³/mol. The molecule has 0 bridgehead atoms. The van der Waals surface area contributed by atoms with Crippen LogP contribution in [-0.2, 0) is 4.79 Å². The van der Waals surface area contributed by atoms with Crippen LogP contribution in [-0.4, -0.2) is 35.2 Å². The summed E-state index contributed by atoms with van der Waals surface area (Å²) in [7, 11) is 0. The molecule has 0 heterocycles. The van der Waals surface area contributed by atoms with Gasteiger partial charge in [0.05, 0.1) is 6.61 Å². The molecule has 0 fully saturated rings. The normalized spacial score (nSPS) is 12.4. The number of nitrogens with one attached hydrogen (secondary N) is 2. The van der Waals surface area contributed by atoms with Gasteiger partial charge in [-0.3, -0.25) is 14.8 Å². The minimum atomic E-state index is -1.07. The number of carbonyl (C=O) groups is 2. The molecule has 128 valence electrons. The van der Waals surface area contributed by atoms with Gasteiger partial charge in [0.1, 0.15) is 11.8 Å². The van der Waals surface area contributed by atoms with Gasteiger partial charge in [-0.05, 0) is 44.5 Å². The molecule has 0 aromatic heterocycles. The van der Waals surface area contributed by atoms with Crippen LogP contribution in [0.4, 0.5) is 0 Å². The Hall–Kier alpha value is -2.12. The lowest BCUT2D eigenvalue weighted by Gasteiger charge is -2.29. The van der Waals surface area contributed by atoms with E-state index in [0.29, 0.717) is 17.9 Å². The quantitative estimate of drug-likeness (QED) is 0.326. The molecule has 0 saturated carbocycles. The summed E-state index contributed by atoms with van der Waals surface area (Å²) < 4.78 is 5.52. The van der Waals surface area contributed by atoms with Gasteiger partial charge >= 0.3 is 0 Å². The van der Waals surface area contributed by atoms with Crippen LogP contribution in [0.1, 0.15) is 44.0 Å². The van der Waals surface area contributed by atoms with E-state index < -0.39 is 23.4 Å². The Morgan fingerprint density at radius 1 is 1.30 bits per heavy atom. The Bertz CT molecular complexity index is 523. The molecule has 7 nitrogen and oxygen atoms in total. The molecule has 1 rings (SSSR count). The minimum absolute atomic E-state index is 0.368. The second kappa shape index (κ2) is 8.50. The summed E-state index contributed by atoms with van der Waals surface area (Å²) in [5, 5.41) is 11.3. The first kappa shape index (κ1) is 18.9. The number of hydroxylamine groups is 1. The molecule has 0 saturated heterocycles. The Morgan fingerprint density at radius 3 is 2.39 bits per heavy atom. The third kappa shape index (κ3) is 5.88. The summed E-state index contributed by atoms with van der Waals surface area (Å²) in [4.78, 5) is 23.9. The van der Waals surface area contributed by atoms with Crippen LogP contribution < -0.4 is 21.3 Å². The van der Waals surface area contributed by atoms with Gasteiger partial charge in [-0.15, -0.1) is 0 Å². The third-order valence-corrected chi connectivity index (χ3v) is 3.27. The smallest absolute Gasteiger partial charge is 0.267 e. The summed E-state index contributed by atoms with van der Waals surface area (Å²) in [6, 6.07) is 5.53. The molecule has 0 aliphatic heterocycles. The van der Waals surface area contributed by atoms with E-state index >= 15 is 0 Å². The van der Waals surface area contributed by atoms with Gasteiger partial charge in [0.25, 0.3) is 11.8 Å². The number of benzene rings is 1. The largest absolute Gasteiger partial charge is 0.494 e. The lowest BCUT2D eigenvalue weighted by Crippen LogP contribution is -2.61. The van der Waals surface area contributed by atoms with Crippen LogP contribution in [0.2, 0.25) is 0 Å². The van der Waals surface area contributed by atoms with Crippen molar-refractivity contribution in [1.29, 1.82) is 0 Å². The second-order valence-electron chi connectivity index (χ2n) is 5.93. The summed E-state index contributed by atoms with van der Waals surface area (Å²) in [6.07, 6.45) is 2.01. The second-order valence-corrected chi connectivity index (χ2v) is 5.93. The van der Waals surface area contributed by atoms with Crippen molar-refractivity contribution in [3.63, 3.8) is 0 Å². The maximum absolute atomic E-state index is 12.2. The standard InChI is InChI=1S/C16H25N3O4/c1-4-5-10-23-12-8-6-11(7-9-12)14(20)18-13(15(21)19-22)16(2,3)17/h6-9,13,22H,4-5,10,17H2,1-3H3,(H,18,20)(H,19,21). The molecule has 23 heavy (non-hydrogen) atoms. The Kier molecular flexibility index (Phi) is 6.99. The van der Waals surface area contributed by atoms with Crippen molar-refractivity contribution in [2.45, 2.75) is 45.2 Å². The number of nitrogens with two attached hydrogens (primary N) is 1. The van der Waals surface area contributed by atoms with E-state index in [2.05, 4.69) is 12.2 Å². The molecule has 7 heteroatoms. The summed E-state index contributed by atoms with van der Waals surface area (Å²) in [5.74, 6) is -0.554. The highest BCUT2D eigenvalue weighted by Gasteiger charge is 2.33. The molecule has 0 spiro atoms. The highest BCUT2D eigenvalue weighted by Crippen LogP contribution is 2.14. The zero-order chi connectivity index (χ0) is 17.5. The number of amides is 2. The Morgan fingerprint density at radius 2 is 1.91 bits per heavy atom. The van der Waals surface area contributed by atoms with Crippen LogP contribution in [0.15, 0.2) is 24.3 Å². The zero-order valence-corrected chi connectivity index (χ0v) is 13.8. The van der Waals surface area contributed by atoms with E-state index in [1.165, 1.54) is 5.48 Å². The average molecular weight is 323 g/mol. The van der Waals surface area contributed by atoms with Crippen molar-refractivity contribution >= 4 is 11.8 Å². The first-order valence-electron chi connectivity index (χ1n) is 7.56. The van der Waals surface area contributed by atoms with Crippen molar-refractivity contribution in [1.82, 2.24) is 10.8 Å². The number of ether oxygens (including phenoxy) is 1. The van der Waals surface area contributed by atoms with E-state index in [-0.39, 0.29) is 0 Å². The van der Waals surface area contributed by atoms with Crippen LogP contribution in [0.25, 0.3) is 0 Å². The molecule has 0 aliphatic carbocycles. The molecule has 1 aromatic rings. The first-order valence-corrected chi connectivity index (χ1v) is 7.56. The van der Waals surface area contributed by atoms with Gasteiger partial charge in [0.2, 0.25) is 0 Å². The number of hydrogen-bond acceptors (Lipinski definition) is 5. The highest BCUT2D eigenvalue weighted by atomic mass is 16.5. The fourth-order valence-corrected chi connectivity index (χ4v) is 1.91. The molecule has 1 aromatic carbocycles. The van der Waals surface area contributed by atoms with Gasteiger partial charge in [0, 0.05) is 11.1 Å². The topological polar surface area (TPSA) is 114 Å². The molecule has 1 unspecified atom stereocenters. The van der Waals surface area contributed by atoms with E-state index in [0.717, 1.165) is 12.8 Å². The number of unbranched alkanes of at least 4 members (excludes halogenated alkanes) is 1. The van der Waals surface area contributed by atoms with Crippen LogP contribution >= 0.6 is 0 Å². The molecule has 0 radical (unpaired) electrons. The van der Waals surface area contributed by atoms with Gasteiger partial charge < -0.3 is 15.8 Å². The fraction of sp³-hybridized carbons (Fsp3) is 0.500. The maximum Gasteiger partial charge on any atom is 0.267 e. The minimum Gasteiger partial charge on any atom is -0.494 e. The molecular formula is C16H25N3O4. The Labute approximate surface area is 136 Å². The van der Waals surface area contributed by atoms with E-state index in [1.54, 1.807) is 38.1 Å².